The number of nitrogen functional groups attached to an aromatic ring is 1. The van der Waals surface area contributed by atoms with Gasteiger partial charge in [0.05, 0.1) is 12.8 Å². The molecule has 0 aliphatic heterocycles. The van der Waals surface area contributed by atoms with E-state index in [1.54, 1.807) is 6.26 Å². The third-order valence-corrected chi connectivity index (χ3v) is 2.60. The monoisotopic (exact) mass is 247 g/mol. The molecule has 2 aromatic rings. The van der Waals surface area contributed by atoms with Crippen molar-refractivity contribution in [3.05, 3.63) is 36.0 Å². The molecule has 0 spiro atoms. The number of nitrogens with zero attached hydrogens (tertiary/aromatic N) is 3. The van der Waals surface area contributed by atoms with E-state index in [0.29, 0.717) is 18.2 Å². The van der Waals surface area contributed by atoms with Gasteiger partial charge in [-0.05, 0) is 26.0 Å². The van der Waals surface area contributed by atoms with E-state index in [1.807, 2.05) is 25.1 Å². The van der Waals surface area contributed by atoms with Gasteiger partial charge in [-0.2, -0.15) is 0 Å². The van der Waals surface area contributed by atoms with Gasteiger partial charge >= 0.3 is 0 Å². The van der Waals surface area contributed by atoms with Gasteiger partial charge in [-0.15, -0.1) is 0 Å². The first-order chi connectivity index (χ1) is 8.72. The summed E-state index contributed by atoms with van der Waals surface area (Å²) in [7, 11) is 0. The molecule has 3 N–H and O–H groups in total. The van der Waals surface area contributed by atoms with Gasteiger partial charge in [0.15, 0.2) is 0 Å². The van der Waals surface area contributed by atoms with Gasteiger partial charge < -0.3 is 14.7 Å². The van der Waals surface area contributed by atoms with Crippen LogP contribution in [0.4, 0.5) is 11.6 Å². The molecule has 18 heavy (non-hydrogen) atoms. The SMILES string of the molecule is CCN(Cc1ccco1)c1cc(NN)nc(C)n1. The molecule has 96 valence electrons. The quantitative estimate of drug-likeness (QED) is 0.618. The first kappa shape index (κ1) is 12.4. The summed E-state index contributed by atoms with van der Waals surface area (Å²) < 4.78 is 5.35. The van der Waals surface area contributed by atoms with Crippen LogP contribution in [0.3, 0.4) is 0 Å². The molecule has 2 rings (SSSR count). The van der Waals surface area contributed by atoms with E-state index in [9.17, 15) is 0 Å². The molecule has 0 atom stereocenters. The molecule has 2 heterocycles. The zero-order valence-electron chi connectivity index (χ0n) is 10.6. The first-order valence-electron chi connectivity index (χ1n) is 5.82. The molecule has 0 saturated heterocycles. The molecule has 0 aliphatic rings. The summed E-state index contributed by atoms with van der Waals surface area (Å²) in [5, 5.41) is 0. The average Bonchev–Trinajstić information content (AvgIpc) is 2.88. The first-order valence-corrected chi connectivity index (χ1v) is 5.82. The second-order valence-electron chi connectivity index (χ2n) is 3.90. The highest BCUT2D eigenvalue weighted by Crippen LogP contribution is 2.17. The fourth-order valence-corrected chi connectivity index (χ4v) is 1.73. The molecule has 6 nitrogen and oxygen atoms in total. The number of rotatable bonds is 5. The van der Waals surface area contributed by atoms with Gasteiger partial charge in [0.1, 0.15) is 23.2 Å². The van der Waals surface area contributed by atoms with Crippen molar-refractivity contribution in [3.8, 4) is 0 Å². The summed E-state index contributed by atoms with van der Waals surface area (Å²) >= 11 is 0. The molecular weight excluding hydrogens is 230 g/mol. The van der Waals surface area contributed by atoms with Crippen LogP contribution < -0.4 is 16.2 Å². The number of nitrogens with one attached hydrogen (secondary N) is 1. The highest BCUT2D eigenvalue weighted by Gasteiger charge is 2.10. The van der Waals surface area contributed by atoms with E-state index >= 15 is 0 Å². The molecular formula is C12H17N5O. The van der Waals surface area contributed by atoms with Crippen LogP contribution in [0.25, 0.3) is 0 Å². The summed E-state index contributed by atoms with van der Waals surface area (Å²) in [6.07, 6.45) is 1.67. The second kappa shape index (κ2) is 5.50. The number of nitrogens with two attached hydrogens (primary N) is 1. The van der Waals surface area contributed by atoms with Crippen LogP contribution in [0.15, 0.2) is 28.9 Å². The zero-order chi connectivity index (χ0) is 13.0. The molecule has 0 unspecified atom stereocenters. The summed E-state index contributed by atoms with van der Waals surface area (Å²) in [6, 6.07) is 5.64. The Morgan fingerprint density at radius 1 is 1.44 bits per heavy atom. The largest absolute Gasteiger partial charge is 0.467 e. The highest BCUT2D eigenvalue weighted by atomic mass is 16.3. The summed E-state index contributed by atoms with van der Waals surface area (Å²) in [5.41, 5.74) is 2.54. The molecule has 0 radical (unpaired) electrons. The van der Waals surface area contributed by atoms with Crippen LogP contribution in [0.5, 0.6) is 0 Å². The van der Waals surface area contributed by atoms with Crippen LogP contribution >= 0.6 is 0 Å². The zero-order valence-corrected chi connectivity index (χ0v) is 10.6. The molecule has 0 aromatic carbocycles. The minimum absolute atomic E-state index is 0.607. The minimum Gasteiger partial charge on any atom is -0.467 e. The number of hydrogen-bond donors (Lipinski definition) is 2. The van der Waals surface area contributed by atoms with Crippen LogP contribution in [-0.2, 0) is 6.54 Å². The Labute approximate surface area is 106 Å². The smallest absolute Gasteiger partial charge is 0.145 e. The van der Waals surface area contributed by atoms with E-state index in [4.69, 9.17) is 10.3 Å². The Hall–Kier alpha value is -2.08. The van der Waals surface area contributed by atoms with Gasteiger partial charge in [-0.25, -0.2) is 15.8 Å². The van der Waals surface area contributed by atoms with Crippen molar-refractivity contribution in [3.63, 3.8) is 0 Å². The molecule has 0 amide bonds. The third kappa shape index (κ3) is 2.78. The highest BCUT2D eigenvalue weighted by molar-refractivity contribution is 5.48. The van der Waals surface area contributed by atoms with E-state index in [-0.39, 0.29) is 0 Å². The minimum atomic E-state index is 0.607. The van der Waals surface area contributed by atoms with Gasteiger partial charge in [0, 0.05) is 12.6 Å². The Morgan fingerprint density at radius 2 is 2.28 bits per heavy atom. The van der Waals surface area contributed by atoms with Crippen molar-refractivity contribution in [2.24, 2.45) is 5.84 Å². The number of anilines is 2. The van der Waals surface area contributed by atoms with Crippen molar-refractivity contribution in [1.82, 2.24) is 9.97 Å². The Kier molecular flexibility index (Phi) is 3.78. The van der Waals surface area contributed by atoms with Gasteiger partial charge in [0.2, 0.25) is 0 Å². The number of aryl methyl sites for hydroxylation is 1. The normalized spacial score (nSPS) is 10.4. The summed E-state index contributed by atoms with van der Waals surface area (Å²) in [5.74, 6) is 8.40. The van der Waals surface area contributed by atoms with E-state index in [0.717, 1.165) is 18.1 Å². The van der Waals surface area contributed by atoms with Crippen molar-refractivity contribution < 1.29 is 4.42 Å². The maximum atomic E-state index is 5.39. The Bertz CT molecular complexity index is 497. The number of hydrazine groups is 1. The van der Waals surface area contributed by atoms with Gasteiger partial charge in [-0.3, -0.25) is 0 Å². The lowest BCUT2D eigenvalue weighted by molar-refractivity contribution is 0.502. The maximum absolute atomic E-state index is 5.39. The van der Waals surface area contributed by atoms with Crippen molar-refractivity contribution in [2.75, 3.05) is 16.9 Å². The number of aromatic nitrogens is 2. The summed E-state index contributed by atoms with van der Waals surface area (Å²) in [6.45, 7) is 5.39. The van der Waals surface area contributed by atoms with Crippen LogP contribution in [-0.4, -0.2) is 16.5 Å². The predicted octanol–water partition coefficient (Wildman–Crippen LogP) is 1.69. The average molecular weight is 247 g/mol. The Balaban J connectivity index is 2.24. The van der Waals surface area contributed by atoms with E-state index in [2.05, 4.69) is 27.2 Å². The van der Waals surface area contributed by atoms with Crippen LogP contribution in [0, 0.1) is 6.92 Å². The lowest BCUT2D eigenvalue weighted by Gasteiger charge is -2.21. The molecule has 6 heteroatoms. The molecule has 0 aliphatic carbocycles. The molecule has 0 bridgehead atoms. The fraction of sp³-hybridized carbons (Fsp3) is 0.333. The van der Waals surface area contributed by atoms with Gasteiger partial charge in [-0.1, -0.05) is 0 Å². The van der Waals surface area contributed by atoms with Crippen LogP contribution in [0.1, 0.15) is 18.5 Å². The van der Waals surface area contributed by atoms with Crippen LogP contribution in [0.2, 0.25) is 0 Å². The van der Waals surface area contributed by atoms with Gasteiger partial charge in [0.25, 0.3) is 0 Å². The fourth-order valence-electron chi connectivity index (χ4n) is 1.73. The van der Waals surface area contributed by atoms with E-state index < -0.39 is 0 Å². The van der Waals surface area contributed by atoms with E-state index in [1.165, 1.54) is 0 Å². The third-order valence-electron chi connectivity index (χ3n) is 2.60. The van der Waals surface area contributed by atoms with Crippen molar-refractivity contribution in [1.29, 1.82) is 0 Å². The standard InChI is InChI=1S/C12H17N5O/c1-3-17(8-10-5-4-6-18-10)12-7-11(16-13)14-9(2)15-12/h4-7H,3,8,13H2,1-2H3,(H,14,15,16). The molecule has 0 fully saturated rings. The lowest BCUT2D eigenvalue weighted by atomic mass is 10.3. The van der Waals surface area contributed by atoms with Crippen molar-refractivity contribution in [2.45, 2.75) is 20.4 Å². The molecule has 0 saturated carbocycles. The topological polar surface area (TPSA) is 80.2 Å². The van der Waals surface area contributed by atoms with Crippen molar-refractivity contribution >= 4 is 11.6 Å². The summed E-state index contributed by atoms with van der Waals surface area (Å²) in [4.78, 5) is 10.7. The maximum Gasteiger partial charge on any atom is 0.145 e. The Morgan fingerprint density at radius 3 is 2.89 bits per heavy atom. The number of hydrogen-bond acceptors (Lipinski definition) is 6. The number of furan rings is 1. The second-order valence-corrected chi connectivity index (χ2v) is 3.90. The molecule has 2 aromatic heterocycles. The predicted molar refractivity (Wildman–Crippen MR) is 70.0 cm³/mol. The lowest BCUT2D eigenvalue weighted by Crippen LogP contribution is -2.24.